The lowest BCUT2D eigenvalue weighted by Crippen LogP contribution is -2.40. The molecule has 0 bridgehead atoms. The third-order valence-electron chi connectivity index (χ3n) is 6.50. The normalized spacial score (nSPS) is 21.7. The molecule has 0 aromatic heterocycles. The summed E-state index contributed by atoms with van der Waals surface area (Å²) in [4.78, 5) is 0.420. The van der Waals surface area contributed by atoms with E-state index in [9.17, 15) is 8.42 Å². The van der Waals surface area contributed by atoms with Crippen molar-refractivity contribution < 1.29 is 17.9 Å². The molecule has 2 aromatic rings. The Kier molecular flexibility index (Phi) is 5.45. The number of sulfonamides is 1. The quantitative estimate of drug-likeness (QED) is 0.702. The van der Waals surface area contributed by atoms with Crippen LogP contribution >= 0.6 is 0 Å². The van der Waals surface area contributed by atoms with Crippen molar-refractivity contribution in [2.45, 2.75) is 70.5 Å². The van der Waals surface area contributed by atoms with Crippen molar-refractivity contribution in [1.82, 2.24) is 4.31 Å². The lowest BCUT2D eigenvalue weighted by molar-refractivity contribution is -0.0358. The number of fused-ring (bicyclic) bond motifs is 1. The maximum atomic E-state index is 13.6. The topological polar surface area (TPSA) is 55.8 Å². The van der Waals surface area contributed by atoms with Gasteiger partial charge in [-0.25, -0.2) is 8.42 Å². The zero-order valence-corrected chi connectivity index (χ0v) is 19.3. The Morgan fingerprint density at radius 1 is 1.03 bits per heavy atom. The van der Waals surface area contributed by atoms with Gasteiger partial charge < -0.3 is 9.47 Å². The van der Waals surface area contributed by atoms with Crippen molar-refractivity contribution in [3.63, 3.8) is 0 Å². The van der Waals surface area contributed by atoms with Gasteiger partial charge in [-0.05, 0) is 81.7 Å². The molecule has 30 heavy (non-hydrogen) atoms. The summed E-state index contributed by atoms with van der Waals surface area (Å²) in [6, 6.07) is 9.98. The Bertz CT molecular complexity index is 1050. The Balaban J connectivity index is 1.65. The van der Waals surface area contributed by atoms with Crippen LogP contribution in [0.5, 0.6) is 5.75 Å². The van der Waals surface area contributed by atoms with Gasteiger partial charge in [-0.2, -0.15) is 4.31 Å². The first-order chi connectivity index (χ1) is 14.1. The summed E-state index contributed by atoms with van der Waals surface area (Å²) in [5, 5.41) is 0. The van der Waals surface area contributed by atoms with Crippen LogP contribution in [0.25, 0.3) is 0 Å². The number of rotatable bonds is 3. The van der Waals surface area contributed by atoms with Crippen molar-refractivity contribution in [2.24, 2.45) is 0 Å². The molecule has 4 rings (SSSR count). The second-order valence-corrected chi connectivity index (χ2v) is 10.9. The number of hydrogen-bond donors (Lipinski definition) is 0. The van der Waals surface area contributed by atoms with Gasteiger partial charge in [0, 0.05) is 6.54 Å². The van der Waals surface area contributed by atoms with Crippen LogP contribution in [0.4, 0.5) is 0 Å². The molecule has 162 valence electrons. The second-order valence-electron chi connectivity index (χ2n) is 9.04. The minimum Gasteiger partial charge on any atom is -0.487 e. The van der Waals surface area contributed by atoms with Crippen LogP contribution in [0, 0.1) is 20.8 Å². The first-order valence-electron chi connectivity index (χ1n) is 10.6. The molecule has 2 heterocycles. The average Bonchev–Trinajstić information content (AvgIpc) is 2.72. The fourth-order valence-electron chi connectivity index (χ4n) is 4.57. The van der Waals surface area contributed by atoms with Gasteiger partial charge in [-0.3, -0.25) is 0 Å². The standard InChI is InChI=1S/C24H31NO4S/c1-16-17(2)23(18(3)20-11-13-24(4,5)29-22(16)20)30(26,27)25-14-12-21(28-15-25)19-9-7-6-8-10-19/h6-10,21H,11-15H2,1-5H3. The van der Waals surface area contributed by atoms with Crippen LogP contribution in [0.1, 0.15) is 60.6 Å². The largest absolute Gasteiger partial charge is 0.487 e. The van der Waals surface area contributed by atoms with E-state index in [2.05, 4.69) is 13.8 Å². The highest BCUT2D eigenvalue weighted by atomic mass is 32.2. The molecule has 1 atom stereocenters. The SMILES string of the molecule is Cc1c(C)c(S(=O)(=O)N2CCC(c3ccccc3)OC2)c(C)c2c1OC(C)(C)CC2. The summed E-state index contributed by atoms with van der Waals surface area (Å²) in [7, 11) is -3.66. The lowest BCUT2D eigenvalue weighted by atomic mass is 9.88. The molecule has 1 saturated heterocycles. The molecule has 1 unspecified atom stereocenters. The zero-order chi connectivity index (χ0) is 21.7. The predicted molar refractivity (Wildman–Crippen MR) is 117 cm³/mol. The molecule has 5 nitrogen and oxygen atoms in total. The molecular formula is C24H31NO4S. The monoisotopic (exact) mass is 429 g/mol. The fourth-order valence-corrected chi connectivity index (χ4v) is 6.42. The van der Waals surface area contributed by atoms with Crippen LogP contribution < -0.4 is 4.74 Å². The van der Waals surface area contributed by atoms with Gasteiger partial charge in [-0.15, -0.1) is 0 Å². The molecule has 2 aliphatic rings. The highest BCUT2D eigenvalue weighted by molar-refractivity contribution is 7.89. The number of benzene rings is 2. The van der Waals surface area contributed by atoms with Gasteiger partial charge in [-0.1, -0.05) is 30.3 Å². The van der Waals surface area contributed by atoms with E-state index in [0.29, 0.717) is 17.9 Å². The van der Waals surface area contributed by atoms with E-state index in [1.807, 2.05) is 51.1 Å². The third-order valence-corrected chi connectivity index (χ3v) is 8.59. The summed E-state index contributed by atoms with van der Waals surface area (Å²) in [5.74, 6) is 0.860. The van der Waals surface area contributed by atoms with E-state index in [1.165, 1.54) is 4.31 Å². The van der Waals surface area contributed by atoms with Crippen molar-refractivity contribution >= 4 is 10.0 Å². The van der Waals surface area contributed by atoms with Crippen LogP contribution in [-0.2, 0) is 21.2 Å². The van der Waals surface area contributed by atoms with Crippen LogP contribution in [-0.4, -0.2) is 31.6 Å². The first-order valence-corrected chi connectivity index (χ1v) is 12.0. The molecule has 0 amide bonds. The number of ether oxygens (including phenoxy) is 2. The predicted octanol–water partition coefficient (Wildman–Crippen LogP) is 4.83. The van der Waals surface area contributed by atoms with Gasteiger partial charge in [0.15, 0.2) is 0 Å². The second kappa shape index (κ2) is 7.66. The summed E-state index contributed by atoms with van der Waals surface area (Å²) in [5.41, 5.74) is 4.39. The number of hydrogen-bond acceptors (Lipinski definition) is 4. The zero-order valence-electron chi connectivity index (χ0n) is 18.5. The fraction of sp³-hybridized carbons (Fsp3) is 0.500. The molecule has 2 aliphatic heterocycles. The van der Waals surface area contributed by atoms with Crippen molar-refractivity contribution in [3.05, 3.63) is 58.1 Å². The Morgan fingerprint density at radius 3 is 2.37 bits per heavy atom. The maximum Gasteiger partial charge on any atom is 0.245 e. The smallest absolute Gasteiger partial charge is 0.245 e. The van der Waals surface area contributed by atoms with Gasteiger partial charge in [0.1, 0.15) is 18.1 Å². The molecule has 1 fully saturated rings. The minimum absolute atomic E-state index is 0.0688. The molecule has 0 saturated carbocycles. The van der Waals surface area contributed by atoms with Gasteiger partial charge in [0.25, 0.3) is 0 Å². The van der Waals surface area contributed by atoms with Crippen LogP contribution in [0.3, 0.4) is 0 Å². The molecular weight excluding hydrogens is 398 g/mol. The molecule has 0 spiro atoms. The number of nitrogens with zero attached hydrogens (tertiary/aromatic N) is 1. The van der Waals surface area contributed by atoms with Crippen molar-refractivity contribution in [3.8, 4) is 5.75 Å². The van der Waals surface area contributed by atoms with Gasteiger partial charge >= 0.3 is 0 Å². The summed E-state index contributed by atoms with van der Waals surface area (Å²) in [6.45, 7) is 10.4. The molecule has 0 N–H and O–H groups in total. The Labute approximate surface area is 180 Å². The van der Waals surface area contributed by atoms with E-state index in [1.54, 1.807) is 0 Å². The molecule has 6 heteroatoms. The van der Waals surface area contributed by atoms with Crippen molar-refractivity contribution in [1.29, 1.82) is 0 Å². The average molecular weight is 430 g/mol. The van der Waals surface area contributed by atoms with E-state index in [4.69, 9.17) is 9.47 Å². The summed E-state index contributed by atoms with van der Waals surface area (Å²) >= 11 is 0. The highest BCUT2D eigenvalue weighted by Crippen LogP contribution is 2.43. The Hall–Kier alpha value is -1.89. The van der Waals surface area contributed by atoms with E-state index in [-0.39, 0.29) is 18.4 Å². The summed E-state index contributed by atoms with van der Waals surface area (Å²) < 4.78 is 41.0. The first kappa shape index (κ1) is 21.3. The van der Waals surface area contributed by atoms with E-state index < -0.39 is 10.0 Å². The van der Waals surface area contributed by atoms with Crippen LogP contribution in [0.15, 0.2) is 35.2 Å². The Morgan fingerprint density at radius 2 is 1.73 bits per heavy atom. The lowest BCUT2D eigenvalue weighted by Gasteiger charge is -2.37. The van der Waals surface area contributed by atoms with E-state index in [0.717, 1.165) is 46.4 Å². The molecule has 0 radical (unpaired) electrons. The maximum absolute atomic E-state index is 13.6. The van der Waals surface area contributed by atoms with E-state index >= 15 is 0 Å². The highest BCUT2D eigenvalue weighted by Gasteiger charge is 2.37. The summed E-state index contributed by atoms with van der Waals surface area (Å²) in [6.07, 6.45) is 2.27. The molecule has 2 aromatic carbocycles. The minimum atomic E-state index is -3.66. The van der Waals surface area contributed by atoms with Crippen LogP contribution in [0.2, 0.25) is 0 Å². The molecule has 0 aliphatic carbocycles. The van der Waals surface area contributed by atoms with Crippen molar-refractivity contribution in [2.75, 3.05) is 13.3 Å². The van der Waals surface area contributed by atoms with Gasteiger partial charge in [0.2, 0.25) is 10.0 Å². The third kappa shape index (κ3) is 3.66. The van der Waals surface area contributed by atoms with Gasteiger partial charge in [0.05, 0.1) is 11.0 Å².